The molecule has 1 aliphatic heterocycles. The number of piperidine rings is 1. The molecule has 1 atom stereocenters. The van der Waals surface area contributed by atoms with Crippen LogP contribution in [0.2, 0.25) is 0 Å². The lowest BCUT2D eigenvalue weighted by atomic mass is 9.98. The van der Waals surface area contributed by atoms with Crippen molar-refractivity contribution in [3.05, 3.63) is 29.8 Å². The van der Waals surface area contributed by atoms with Gasteiger partial charge in [-0.2, -0.15) is 0 Å². The molecular formula is C17H25ClN2O4. The summed E-state index contributed by atoms with van der Waals surface area (Å²) in [6, 6.07) is 7.62. The summed E-state index contributed by atoms with van der Waals surface area (Å²) in [6.45, 7) is 2.01. The molecule has 1 aromatic carbocycles. The Balaban J connectivity index is 0.00000288. The van der Waals surface area contributed by atoms with Crippen molar-refractivity contribution in [1.29, 1.82) is 0 Å². The van der Waals surface area contributed by atoms with E-state index in [4.69, 9.17) is 9.84 Å². The monoisotopic (exact) mass is 356 g/mol. The van der Waals surface area contributed by atoms with Crippen LogP contribution in [0.4, 0.5) is 0 Å². The van der Waals surface area contributed by atoms with Gasteiger partial charge in [0.05, 0.1) is 19.6 Å². The van der Waals surface area contributed by atoms with Crippen LogP contribution in [0, 0.1) is 5.92 Å². The minimum Gasteiger partial charge on any atom is -0.497 e. The molecule has 1 unspecified atom stereocenters. The second kappa shape index (κ2) is 9.49. The van der Waals surface area contributed by atoms with Crippen LogP contribution < -0.4 is 4.74 Å². The summed E-state index contributed by atoms with van der Waals surface area (Å²) in [5, 5.41) is 9.11. The number of amides is 1. The first kappa shape index (κ1) is 20.3. The molecule has 1 amide bonds. The van der Waals surface area contributed by atoms with Crippen LogP contribution in [-0.2, 0) is 16.1 Å². The number of benzene rings is 1. The largest absolute Gasteiger partial charge is 0.497 e. The highest BCUT2D eigenvalue weighted by atomic mass is 35.5. The Kier molecular flexibility index (Phi) is 8.01. The fourth-order valence-corrected chi connectivity index (χ4v) is 2.85. The fourth-order valence-electron chi connectivity index (χ4n) is 2.85. The van der Waals surface area contributed by atoms with Crippen molar-refractivity contribution < 1.29 is 19.4 Å². The molecule has 6 nitrogen and oxygen atoms in total. The number of halogens is 1. The number of likely N-dealkylation sites (tertiary alicyclic amines) is 1. The van der Waals surface area contributed by atoms with Gasteiger partial charge in [-0.15, -0.1) is 12.4 Å². The Labute approximate surface area is 148 Å². The molecule has 1 saturated heterocycles. The van der Waals surface area contributed by atoms with E-state index in [0.29, 0.717) is 19.5 Å². The summed E-state index contributed by atoms with van der Waals surface area (Å²) in [6.07, 6.45) is 1.52. The molecule has 1 heterocycles. The Hall–Kier alpha value is -1.79. The Morgan fingerprint density at radius 3 is 2.83 bits per heavy atom. The van der Waals surface area contributed by atoms with Crippen LogP contribution in [0.25, 0.3) is 0 Å². The van der Waals surface area contributed by atoms with Crippen molar-refractivity contribution in [1.82, 2.24) is 9.80 Å². The number of likely N-dealkylation sites (N-methyl/N-ethyl adjacent to an activating group) is 1. The number of rotatable bonds is 6. The molecule has 0 radical (unpaired) electrons. The number of carboxylic acid groups (broad SMARTS) is 1. The zero-order chi connectivity index (χ0) is 16.8. The molecule has 24 heavy (non-hydrogen) atoms. The summed E-state index contributed by atoms with van der Waals surface area (Å²) in [4.78, 5) is 27.0. The number of aliphatic carboxylic acids is 1. The minimum atomic E-state index is -0.771. The SMILES string of the molecule is COc1cccc(CN(C)C(=O)CN2CCCC(C(=O)O)C2)c1.Cl. The smallest absolute Gasteiger partial charge is 0.307 e. The van der Waals surface area contributed by atoms with Crippen molar-refractivity contribution in [3.63, 3.8) is 0 Å². The molecule has 134 valence electrons. The second-order valence-electron chi connectivity index (χ2n) is 6.01. The van der Waals surface area contributed by atoms with Crippen LogP contribution in [0.1, 0.15) is 18.4 Å². The molecule has 0 aliphatic carbocycles. The third-order valence-electron chi connectivity index (χ3n) is 4.19. The normalized spacial score (nSPS) is 17.7. The third-order valence-corrected chi connectivity index (χ3v) is 4.19. The highest BCUT2D eigenvalue weighted by Crippen LogP contribution is 2.17. The topological polar surface area (TPSA) is 70.1 Å². The summed E-state index contributed by atoms with van der Waals surface area (Å²) < 4.78 is 5.19. The maximum absolute atomic E-state index is 12.4. The molecule has 1 aliphatic rings. The van der Waals surface area contributed by atoms with Gasteiger partial charge in [0.15, 0.2) is 0 Å². The van der Waals surface area contributed by atoms with Gasteiger partial charge in [-0.3, -0.25) is 14.5 Å². The maximum Gasteiger partial charge on any atom is 0.307 e. The van der Waals surface area contributed by atoms with E-state index in [2.05, 4.69) is 0 Å². The van der Waals surface area contributed by atoms with E-state index in [1.165, 1.54) is 0 Å². The molecular weight excluding hydrogens is 332 g/mol. The van der Waals surface area contributed by atoms with Crippen LogP contribution in [-0.4, -0.2) is 60.6 Å². The van der Waals surface area contributed by atoms with Crippen LogP contribution >= 0.6 is 12.4 Å². The van der Waals surface area contributed by atoms with Crippen molar-refractivity contribution in [3.8, 4) is 5.75 Å². The zero-order valence-corrected chi connectivity index (χ0v) is 14.9. The first-order chi connectivity index (χ1) is 11.0. The van der Waals surface area contributed by atoms with E-state index in [1.54, 1.807) is 19.1 Å². The van der Waals surface area contributed by atoms with Crippen molar-refractivity contribution in [2.45, 2.75) is 19.4 Å². The van der Waals surface area contributed by atoms with Gasteiger partial charge in [0, 0.05) is 20.1 Å². The third kappa shape index (κ3) is 5.69. The van der Waals surface area contributed by atoms with Crippen molar-refractivity contribution in [2.24, 2.45) is 5.92 Å². The molecule has 1 N–H and O–H groups in total. The number of carbonyl (C=O) groups is 2. The second-order valence-corrected chi connectivity index (χ2v) is 6.01. The highest BCUT2D eigenvalue weighted by molar-refractivity contribution is 5.85. The zero-order valence-electron chi connectivity index (χ0n) is 14.1. The van der Waals surface area contributed by atoms with Crippen molar-refractivity contribution >= 4 is 24.3 Å². The van der Waals surface area contributed by atoms with Crippen LogP contribution in [0.3, 0.4) is 0 Å². The Morgan fingerprint density at radius 1 is 1.42 bits per heavy atom. The van der Waals surface area contributed by atoms with Crippen LogP contribution in [0.15, 0.2) is 24.3 Å². The standard InChI is InChI=1S/C17H24N2O4.ClH/c1-18(10-13-5-3-7-15(9-13)23-2)16(20)12-19-8-4-6-14(11-19)17(21)22;/h3,5,7,9,14H,4,6,8,10-12H2,1-2H3,(H,21,22);1H. The van der Waals surface area contributed by atoms with Gasteiger partial charge in [0.2, 0.25) is 5.91 Å². The van der Waals surface area contributed by atoms with Gasteiger partial charge < -0.3 is 14.7 Å². The van der Waals surface area contributed by atoms with E-state index >= 15 is 0 Å². The number of methoxy groups -OCH3 is 1. The predicted octanol–water partition coefficient (Wildman–Crippen LogP) is 1.87. The first-order valence-electron chi connectivity index (χ1n) is 7.81. The molecule has 1 fully saturated rings. The van der Waals surface area contributed by atoms with Gasteiger partial charge in [-0.05, 0) is 37.1 Å². The quantitative estimate of drug-likeness (QED) is 0.842. The number of carboxylic acids is 1. The molecule has 0 bridgehead atoms. The molecule has 1 aromatic rings. The van der Waals surface area contributed by atoms with E-state index in [9.17, 15) is 9.59 Å². The van der Waals surface area contributed by atoms with Gasteiger partial charge >= 0.3 is 5.97 Å². The van der Waals surface area contributed by atoms with Crippen LogP contribution in [0.5, 0.6) is 5.75 Å². The average Bonchev–Trinajstić information content (AvgIpc) is 2.55. The van der Waals surface area contributed by atoms with E-state index < -0.39 is 5.97 Å². The Bertz CT molecular complexity index is 567. The molecule has 2 rings (SSSR count). The molecule has 0 aromatic heterocycles. The number of hydrogen-bond acceptors (Lipinski definition) is 4. The summed E-state index contributed by atoms with van der Waals surface area (Å²) in [5.74, 6) is -0.366. The lowest BCUT2D eigenvalue weighted by molar-refractivity contribution is -0.144. The minimum absolute atomic E-state index is 0. The summed E-state index contributed by atoms with van der Waals surface area (Å²) in [5.41, 5.74) is 1.00. The average molecular weight is 357 g/mol. The van der Waals surface area contributed by atoms with E-state index in [1.807, 2.05) is 29.2 Å². The van der Waals surface area contributed by atoms with E-state index in [0.717, 1.165) is 24.3 Å². The van der Waals surface area contributed by atoms with E-state index in [-0.39, 0.29) is 30.8 Å². The lowest BCUT2D eigenvalue weighted by Crippen LogP contribution is -2.44. The lowest BCUT2D eigenvalue weighted by Gasteiger charge is -2.31. The number of nitrogens with zero attached hydrogens (tertiary/aromatic N) is 2. The molecule has 7 heteroatoms. The highest BCUT2D eigenvalue weighted by Gasteiger charge is 2.27. The maximum atomic E-state index is 12.4. The number of hydrogen-bond donors (Lipinski definition) is 1. The number of ether oxygens (including phenoxy) is 1. The van der Waals surface area contributed by atoms with Gasteiger partial charge in [0.1, 0.15) is 5.75 Å². The first-order valence-corrected chi connectivity index (χ1v) is 7.81. The predicted molar refractivity (Wildman–Crippen MR) is 93.5 cm³/mol. The van der Waals surface area contributed by atoms with Gasteiger partial charge in [0.25, 0.3) is 0 Å². The van der Waals surface area contributed by atoms with Gasteiger partial charge in [-0.25, -0.2) is 0 Å². The number of carbonyl (C=O) groups excluding carboxylic acids is 1. The molecule has 0 spiro atoms. The summed E-state index contributed by atoms with van der Waals surface area (Å²) >= 11 is 0. The Morgan fingerprint density at radius 2 is 2.17 bits per heavy atom. The van der Waals surface area contributed by atoms with Crippen molar-refractivity contribution in [2.75, 3.05) is 33.8 Å². The summed E-state index contributed by atoms with van der Waals surface area (Å²) in [7, 11) is 3.38. The fraction of sp³-hybridized carbons (Fsp3) is 0.529. The molecule has 0 saturated carbocycles. The van der Waals surface area contributed by atoms with Gasteiger partial charge in [-0.1, -0.05) is 12.1 Å².